The summed E-state index contributed by atoms with van der Waals surface area (Å²) in [5, 5.41) is 12.6. The van der Waals surface area contributed by atoms with Crippen molar-refractivity contribution in [1.29, 1.82) is 0 Å². The Morgan fingerprint density at radius 2 is 1.60 bits per heavy atom. The Morgan fingerprint density at radius 3 is 2.07 bits per heavy atom. The van der Waals surface area contributed by atoms with Gasteiger partial charge in [-0.1, -0.05) is 82.5 Å². The summed E-state index contributed by atoms with van der Waals surface area (Å²) in [6.45, 7) is 14.6. The zero-order valence-electron chi connectivity index (χ0n) is 19.6. The fraction of sp³-hybridized carbons (Fsp3) is 0.500. The van der Waals surface area contributed by atoms with Gasteiger partial charge in [-0.05, 0) is 55.4 Å². The number of carbonyl (C=O) groups is 1. The Bertz CT molecular complexity index is 817. The molecule has 0 saturated carbocycles. The van der Waals surface area contributed by atoms with Crippen LogP contribution in [0.2, 0.25) is 0 Å². The lowest BCUT2D eigenvalue weighted by Gasteiger charge is -2.41. The molecule has 164 valence electrons. The Balaban J connectivity index is 2.42. The van der Waals surface area contributed by atoms with Gasteiger partial charge in [0.2, 0.25) is 0 Å². The van der Waals surface area contributed by atoms with Gasteiger partial charge in [0.25, 0.3) is 5.91 Å². The van der Waals surface area contributed by atoms with Crippen LogP contribution in [0.1, 0.15) is 86.3 Å². The number of carbonyl (C=O) groups excluding carboxylic acids is 1. The summed E-state index contributed by atoms with van der Waals surface area (Å²) < 4.78 is 0. The van der Waals surface area contributed by atoms with Crippen LogP contribution < -0.4 is 5.43 Å². The lowest BCUT2D eigenvalue weighted by Crippen LogP contribution is -2.55. The molecule has 1 amide bonds. The van der Waals surface area contributed by atoms with Gasteiger partial charge < -0.3 is 5.11 Å². The first kappa shape index (κ1) is 24.1. The third kappa shape index (κ3) is 6.16. The Morgan fingerprint density at radius 1 is 1.03 bits per heavy atom. The number of hydrogen-bond acceptors (Lipinski definition) is 3. The molecular weight excluding hydrogens is 372 g/mol. The number of amides is 1. The fourth-order valence-corrected chi connectivity index (χ4v) is 3.89. The Hall–Kier alpha value is -2.17. The van der Waals surface area contributed by atoms with Crippen molar-refractivity contribution in [1.82, 2.24) is 10.4 Å². The molecule has 2 rings (SSSR count). The summed E-state index contributed by atoms with van der Waals surface area (Å²) in [5.41, 5.74) is 7.69. The van der Waals surface area contributed by atoms with Crippen molar-refractivity contribution in [3.8, 4) is 0 Å². The van der Waals surface area contributed by atoms with E-state index in [9.17, 15) is 9.90 Å². The number of nitrogens with zero attached hydrogens (tertiary/aromatic N) is 1. The number of aliphatic hydroxyl groups excluding tert-OH is 1. The van der Waals surface area contributed by atoms with Crippen molar-refractivity contribution in [3.63, 3.8) is 0 Å². The zero-order valence-corrected chi connectivity index (χ0v) is 19.6. The third-order valence-electron chi connectivity index (χ3n) is 5.53. The summed E-state index contributed by atoms with van der Waals surface area (Å²) in [6, 6.07) is 13.7. The summed E-state index contributed by atoms with van der Waals surface area (Å²) in [4.78, 5) is 13.6. The van der Waals surface area contributed by atoms with Gasteiger partial charge in [0, 0.05) is 5.56 Å². The number of hydrazine groups is 1. The SMILES string of the molecule is CCC[C@@H](N(NC(O)c1ccc(CC)cc1)C(=O)c1cc(C)cc(C)c1)C(C)(C)C. The summed E-state index contributed by atoms with van der Waals surface area (Å²) in [5.74, 6) is -0.112. The van der Waals surface area contributed by atoms with E-state index in [1.807, 2.05) is 50.2 Å². The van der Waals surface area contributed by atoms with Gasteiger partial charge in [-0.25, -0.2) is 0 Å². The van der Waals surface area contributed by atoms with Crippen molar-refractivity contribution >= 4 is 5.91 Å². The first-order chi connectivity index (χ1) is 14.1. The molecule has 0 fully saturated rings. The van der Waals surface area contributed by atoms with Gasteiger partial charge in [0.1, 0.15) is 6.23 Å². The molecule has 2 atom stereocenters. The highest BCUT2D eigenvalue weighted by molar-refractivity contribution is 5.94. The molecule has 1 unspecified atom stereocenters. The summed E-state index contributed by atoms with van der Waals surface area (Å²) in [7, 11) is 0. The topological polar surface area (TPSA) is 52.6 Å². The van der Waals surface area contributed by atoms with Crippen LogP contribution in [0.3, 0.4) is 0 Å². The zero-order chi connectivity index (χ0) is 22.5. The Labute approximate surface area is 182 Å². The second kappa shape index (κ2) is 10.2. The van der Waals surface area contributed by atoms with Gasteiger partial charge in [-0.2, -0.15) is 5.43 Å². The molecule has 0 radical (unpaired) electrons. The van der Waals surface area contributed by atoms with E-state index in [0.717, 1.165) is 36.0 Å². The number of rotatable bonds is 8. The van der Waals surface area contributed by atoms with Crippen LogP contribution in [-0.2, 0) is 6.42 Å². The molecule has 30 heavy (non-hydrogen) atoms. The minimum atomic E-state index is -0.965. The third-order valence-corrected chi connectivity index (χ3v) is 5.53. The minimum absolute atomic E-state index is 0.0691. The van der Waals surface area contributed by atoms with Gasteiger partial charge >= 0.3 is 0 Å². The highest BCUT2D eigenvalue weighted by Gasteiger charge is 2.35. The molecule has 0 aliphatic rings. The van der Waals surface area contributed by atoms with Gasteiger partial charge in [-0.3, -0.25) is 9.80 Å². The second-order valence-corrected chi connectivity index (χ2v) is 9.35. The molecule has 0 aliphatic carbocycles. The quantitative estimate of drug-likeness (QED) is 0.432. The van der Waals surface area contributed by atoms with Crippen LogP contribution in [0.25, 0.3) is 0 Å². The largest absolute Gasteiger partial charge is 0.373 e. The van der Waals surface area contributed by atoms with Gasteiger partial charge in [-0.15, -0.1) is 0 Å². The van der Waals surface area contributed by atoms with Crippen molar-refractivity contribution in [2.75, 3.05) is 0 Å². The van der Waals surface area contributed by atoms with Gasteiger partial charge in [0.15, 0.2) is 0 Å². The molecule has 0 heterocycles. The van der Waals surface area contributed by atoms with Crippen LogP contribution in [0.5, 0.6) is 0 Å². The van der Waals surface area contributed by atoms with Crippen LogP contribution in [0, 0.1) is 19.3 Å². The van der Waals surface area contributed by atoms with Crippen LogP contribution >= 0.6 is 0 Å². The Kier molecular flexibility index (Phi) is 8.22. The molecule has 4 nitrogen and oxygen atoms in total. The minimum Gasteiger partial charge on any atom is -0.373 e. The van der Waals surface area contributed by atoms with Crippen molar-refractivity contribution < 1.29 is 9.90 Å². The number of hydrogen-bond donors (Lipinski definition) is 2. The van der Waals surface area contributed by atoms with E-state index >= 15 is 0 Å². The van der Waals surface area contributed by atoms with E-state index in [-0.39, 0.29) is 17.4 Å². The molecule has 2 aromatic carbocycles. The van der Waals surface area contributed by atoms with Crippen LogP contribution in [0.4, 0.5) is 0 Å². The maximum atomic E-state index is 13.6. The standard InChI is InChI=1S/C26H38N2O2/c1-8-10-23(26(5,6)7)28(25(30)22-16-18(3)15-19(4)17-22)27-24(29)21-13-11-20(9-2)12-14-21/h11-17,23-24,27,29H,8-10H2,1-7H3/t23-,24?/m1/s1. The number of aliphatic hydroxyl groups is 1. The summed E-state index contributed by atoms with van der Waals surface area (Å²) >= 11 is 0. The van der Waals surface area contributed by atoms with Crippen molar-refractivity contribution in [2.24, 2.45) is 5.41 Å². The molecule has 0 spiro atoms. The van der Waals surface area contributed by atoms with Gasteiger partial charge in [0.05, 0.1) is 6.04 Å². The van der Waals surface area contributed by atoms with Crippen LogP contribution in [0.15, 0.2) is 42.5 Å². The lowest BCUT2D eigenvalue weighted by atomic mass is 9.83. The maximum absolute atomic E-state index is 13.6. The monoisotopic (exact) mass is 410 g/mol. The van der Waals surface area contributed by atoms with E-state index in [4.69, 9.17) is 0 Å². The first-order valence-corrected chi connectivity index (χ1v) is 11.0. The molecule has 2 N–H and O–H groups in total. The van der Waals surface area contributed by atoms with E-state index in [1.54, 1.807) is 5.01 Å². The normalized spacial score (nSPS) is 13.7. The highest BCUT2D eigenvalue weighted by atomic mass is 16.3. The van der Waals surface area contributed by atoms with Crippen molar-refractivity contribution in [2.45, 2.75) is 80.0 Å². The molecule has 2 aromatic rings. The van der Waals surface area contributed by atoms with E-state index in [1.165, 1.54) is 5.56 Å². The van der Waals surface area contributed by atoms with E-state index in [2.05, 4.69) is 46.1 Å². The number of nitrogens with one attached hydrogen (secondary N) is 1. The average Bonchev–Trinajstić information content (AvgIpc) is 2.68. The molecule has 0 bridgehead atoms. The smallest absolute Gasteiger partial charge is 0.268 e. The predicted octanol–water partition coefficient (Wildman–Crippen LogP) is 5.72. The van der Waals surface area contributed by atoms with E-state index in [0.29, 0.717) is 5.56 Å². The molecule has 4 heteroatoms. The lowest BCUT2D eigenvalue weighted by molar-refractivity contribution is -0.0158. The molecule has 0 aromatic heterocycles. The summed E-state index contributed by atoms with van der Waals surface area (Å²) in [6.07, 6.45) is 1.77. The molecule has 0 saturated heterocycles. The first-order valence-electron chi connectivity index (χ1n) is 11.0. The highest BCUT2D eigenvalue weighted by Crippen LogP contribution is 2.29. The molecule has 0 aliphatic heterocycles. The maximum Gasteiger partial charge on any atom is 0.268 e. The average molecular weight is 411 g/mol. The second-order valence-electron chi connectivity index (χ2n) is 9.35. The van der Waals surface area contributed by atoms with Crippen molar-refractivity contribution in [3.05, 3.63) is 70.3 Å². The number of benzene rings is 2. The van der Waals surface area contributed by atoms with Crippen LogP contribution in [-0.4, -0.2) is 22.1 Å². The number of aryl methyl sites for hydroxylation is 3. The fourth-order valence-electron chi connectivity index (χ4n) is 3.89. The van der Waals surface area contributed by atoms with E-state index < -0.39 is 6.23 Å². The predicted molar refractivity (Wildman–Crippen MR) is 124 cm³/mol. The molecular formula is C26H38N2O2.